The molecule has 294 valence electrons. The van der Waals surface area contributed by atoms with E-state index in [2.05, 4.69) is 16.0 Å². The summed E-state index contributed by atoms with van der Waals surface area (Å²) in [7, 11) is 1.54. The molecule has 3 aromatic rings. The lowest BCUT2D eigenvalue weighted by Gasteiger charge is -2.43. The first-order valence-electron chi connectivity index (χ1n) is 19.4. The molecule has 12 heteroatoms. The number of amides is 4. The largest absolute Gasteiger partial charge is 0.496 e. The van der Waals surface area contributed by atoms with Crippen LogP contribution in [0, 0.1) is 0 Å². The second-order valence-corrected chi connectivity index (χ2v) is 14.4. The zero-order valence-electron chi connectivity index (χ0n) is 32.3. The van der Waals surface area contributed by atoms with Crippen LogP contribution >= 0.6 is 0 Å². The number of methoxy groups -OCH3 is 1. The molecule has 0 bridgehead atoms. The molecule has 1 heterocycles. The van der Waals surface area contributed by atoms with Crippen molar-refractivity contribution >= 4 is 29.8 Å². The van der Waals surface area contributed by atoms with Crippen LogP contribution in [0.2, 0.25) is 0 Å². The lowest BCUT2D eigenvalue weighted by Crippen LogP contribution is -2.54. The van der Waals surface area contributed by atoms with E-state index in [9.17, 15) is 24.0 Å². The van der Waals surface area contributed by atoms with Gasteiger partial charge in [-0.1, -0.05) is 66.7 Å². The average Bonchev–Trinajstić information content (AvgIpc) is 3.19. The number of nitrogens with one attached hydrogen (secondary N) is 3. The summed E-state index contributed by atoms with van der Waals surface area (Å²) in [6, 6.07) is 23.2. The number of piperidine rings is 1. The highest BCUT2D eigenvalue weighted by molar-refractivity contribution is 5.98. The monoisotopic (exact) mass is 754 g/mol. The van der Waals surface area contributed by atoms with Crippen LogP contribution in [0.4, 0.5) is 4.79 Å². The second kappa shape index (κ2) is 19.3. The number of unbranched alkanes of at least 4 members (excludes halogenated alkanes) is 1. The number of rotatable bonds is 15. The van der Waals surface area contributed by atoms with Crippen LogP contribution in [0.15, 0.2) is 78.9 Å². The molecule has 5 rings (SSSR count). The van der Waals surface area contributed by atoms with Crippen molar-refractivity contribution in [3.63, 3.8) is 0 Å². The van der Waals surface area contributed by atoms with Gasteiger partial charge >= 0.3 is 12.1 Å². The Bertz CT molecular complexity index is 1790. The van der Waals surface area contributed by atoms with Crippen molar-refractivity contribution in [1.29, 1.82) is 0 Å². The van der Waals surface area contributed by atoms with E-state index < -0.39 is 29.4 Å². The first-order valence-corrected chi connectivity index (χ1v) is 19.4. The highest BCUT2D eigenvalue weighted by atomic mass is 16.5. The van der Waals surface area contributed by atoms with E-state index in [0.717, 1.165) is 16.7 Å². The van der Waals surface area contributed by atoms with Crippen molar-refractivity contribution in [2.75, 3.05) is 33.4 Å². The average molecular weight is 755 g/mol. The first kappa shape index (κ1) is 40.8. The molecule has 0 saturated carbocycles. The van der Waals surface area contributed by atoms with Crippen LogP contribution in [0.1, 0.15) is 98.7 Å². The van der Waals surface area contributed by atoms with E-state index >= 15 is 0 Å². The zero-order valence-corrected chi connectivity index (χ0v) is 32.3. The number of para-hydroxylation sites is 1. The minimum Gasteiger partial charge on any atom is -0.496 e. The Morgan fingerprint density at radius 2 is 1.56 bits per heavy atom. The summed E-state index contributed by atoms with van der Waals surface area (Å²) in [6.45, 7) is 6.89. The van der Waals surface area contributed by atoms with Gasteiger partial charge < -0.3 is 35.1 Å². The van der Waals surface area contributed by atoms with Crippen LogP contribution in [0.3, 0.4) is 0 Å². The van der Waals surface area contributed by atoms with Crippen molar-refractivity contribution in [2.24, 2.45) is 0 Å². The van der Waals surface area contributed by atoms with Gasteiger partial charge in [-0.3, -0.25) is 14.4 Å². The standard InChI is InChI=1S/C43H54N4O8/c1-5-54-42(52)44-26-14-13-20-36(40(50)55-29(2)3)46-41(51)43(30-15-7-6-8-16-30)25-22-33(32-17-9-11-19-35(32)43)39(49)47-27-23-31(24-28-47)45-38(48)34-18-10-12-21-37(34)53-4/h6-12,15-19,21,29,31,33,36H,5,13-14,20,22-28H2,1-4H3,(H,44,52)(H,45,48)(H,46,51)/t33-,36-,43+/m0/s1. The fourth-order valence-corrected chi connectivity index (χ4v) is 7.74. The van der Waals surface area contributed by atoms with Crippen molar-refractivity contribution in [3.8, 4) is 5.75 Å². The van der Waals surface area contributed by atoms with Gasteiger partial charge in [0.2, 0.25) is 11.8 Å². The van der Waals surface area contributed by atoms with Gasteiger partial charge in [0.25, 0.3) is 5.91 Å². The summed E-state index contributed by atoms with van der Waals surface area (Å²) in [4.78, 5) is 69.2. The second-order valence-electron chi connectivity index (χ2n) is 14.4. The summed E-state index contributed by atoms with van der Waals surface area (Å²) >= 11 is 0. The Morgan fingerprint density at radius 1 is 0.873 bits per heavy atom. The minimum atomic E-state index is -1.17. The van der Waals surface area contributed by atoms with Crippen molar-refractivity contribution in [3.05, 3.63) is 101 Å². The van der Waals surface area contributed by atoms with E-state index in [1.54, 1.807) is 39.0 Å². The number of esters is 1. The molecular formula is C43H54N4O8. The molecule has 55 heavy (non-hydrogen) atoms. The molecule has 0 unspecified atom stereocenters. The number of ether oxygens (including phenoxy) is 3. The molecule has 1 fully saturated rings. The number of carbonyl (C=O) groups excluding carboxylic acids is 5. The number of nitrogens with zero attached hydrogens (tertiary/aromatic N) is 1. The van der Waals surface area contributed by atoms with E-state index in [-0.39, 0.29) is 36.5 Å². The summed E-state index contributed by atoms with van der Waals surface area (Å²) in [6.07, 6.45) is 2.54. The van der Waals surface area contributed by atoms with Gasteiger partial charge in [0, 0.05) is 25.7 Å². The summed E-state index contributed by atoms with van der Waals surface area (Å²) in [5, 5.41) is 8.88. The zero-order chi connectivity index (χ0) is 39.4. The molecule has 0 aromatic heterocycles. The first-order chi connectivity index (χ1) is 26.6. The lowest BCUT2D eigenvalue weighted by molar-refractivity contribution is -0.152. The summed E-state index contributed by atoms with van der Waals surface area (Å²) in [5.74, 6) is -1.02. The highest BCUT2D eigenvalue weighted by Crippen LogP contribution is 2.48. The Balaban J connectivity index is 1.33. The van der Waals surface area contributed by atoms with Gasteiger partial charge in [-0.2, -0.15) is 0 Å². The predicted octanol–water partition coefficient (Wildman–Crippen LogP) is 5.63. The molecule has 3 atom stereocenters. The van der Waals surface area contributed by atoms with Crippen LogP contribution in [-0.2, 0) is 29.3 Å². The molecule has 4 amide bonds. The Morgan fingerprint density at radius 3 is 2.27 bits per heavy atom. The van der Waals surface area contributed by atoms with Gasteiger partial charge in [-0.25, -0.2) is 9.59 Å². The number of fused-ring (bicyclic) bond motifs is 1. The maximum atomic E-state index is 14.8. The third-order valence-electron chi connectivity index (χ3n) is 10.5. The molecule has 2 aliphatic rings. The van der Waals surface area contributed by atoms with Crippen LogP contribution in [0.25, 0.3) is 0 Å². The normalized spacial score (nSPS) is 18.7. The molecule has 1 aliphatic carbocycles. The Hall–Kier alpha value is -5.39. The maximum absolute atomic E-state index is 14.8. The van der Waals surface area contributed by atoms with Gasteiger partial charge in [-0.15, -0.1) is 0 Å². The highest BCUT2D eigenvalue weighted by Gasteiger charge is 2.49. The predicted molar refractivity (Wildman–Crippen MR) is 208 cm³/mol. The van der Waals surface area contributed by atoms with Crippen LogP contribution < -0.4 is 20.7 Å². The fraction of sp³-hybridized carbons (Fsp3) is 0.465. The lowest BCUT2D eigenvalue weighted by atomic mass is 9.62. The molecular weight excluding hydrogens is 700 g/mol. The Kier molecular flexibility index (Phi) is 14.3. The van der Waals surface area contributed by atoms with Crippen molar-refractivity contribution in [1.82, 2.24) is 20.9 Å². The molecule has 1 saturated heterocycles. The fourth-order valence-electron chi connectivity index (χ4n) is 7.74. The quantitative estimate of drug-likeness (QED) is 0.133. The van der Waals surface area contributed by atoms with Gasteiger partial charge in [-0.05, 0) is 94.5 Å². The molecule has 3 aromatic carbocycles. The summed E-state index contributed by atoms with van der Waals surface area (Å²) in [5.41, 5.74) is 1.59. The third kappa shape index (κ3) is 9.84. The molecule has 0 radical (unpaired) electrons. The topological polar surface area (TPSA) is 152 Å². The van der Waals surface area contributed by atoms with Crippen LogP contribution in [0.5, 0.6) is 5.75 Å². The number of hydrogen-bond acceptors (Lipinski definition) is 8. The molecule has 3 N–H and O–H groups in total. The number of alkyl carbamates (subject to hydrolysis) is 1. The SMILES string of the molecule is CCOC(=O)NCCCC[C@H](NC(=O)[C@@]1(c2ccccc2)CC[C@H](C(=O)N2CCC(NC(=O)c3ccccc3OC)CC2)c2ccccc21)C(=O)OC(C)C. The number of benzene rings is 3. The number of likely N-dealkylation sites (tertiary alicyclic amines) is 1. The van der Waals surface area contributed by atoms with Gasteiger partial charge in [0.15, 0.2) is 0 Å². The van der Waals surface area contributed by atoms with Crippen LogP contribution in [-0.4, -0.2) is 86.2 Å². The molecule has 1 aliphatic heterocycles. The van der Waals surface area contributed by atoms with E-state index in [1.165, 1.54) is 7.11 Å². The number of carbonyl (C=O) groups is 5. The maximum Gasteiger partial charge on any atom is 0.407 e. The molecule has 0 spiro atoms. The summed E-state index contributed by atoms with van der Waals surface area (Å²) < 4.78 is 15.9. The van der Waals surface area contributed by atoms with E-state index in [4.69, 9.17) is 14.2 Å². The smallest absolute Gasteiger partial charge is 0.407 e. The third-order valence-corrected chi connectivity index (χ3v) is 10.5. The van der Waals surface area contributed by atoms with Crippen molar-refractivity contribution < 1.29 is 38.2 Å². The number of hydrogen-bond donors (Lipinski definition) is 3. The Labute approximate surface area is 323 Å². The van der Waals surface area contributed by atoms with Gasteiger partial charge in [0.05, 0.1) is 36.7 Å². The minimum absolute atomic E-state index is 0.00107. The van der Waals surface area contributed by atoms with E-state index in [0.29, 0.717) is 75.9 Å². The van der Waals surface area contributed by atoms with Crippen molar-refractivity contribution in [2.45, 2.75) is 95.2 Å². The molecule has 12 nitrogen and oxygen atoms in total. The van der Waals surface area contributed by atoms with Gasteiger partial charge in [0.1, 0.15) is 11.8 Å². The van der Waals surface area contributed by atoms with E-state index in [1.807, 2.05) is 65.6 Å².